The highest BCUT2D eigenvalue weighted by molar-refractivity contribution is 5.86. The molecule has 150 valence electrons. The topological polar surface area (TPSA) is 76.0 Å². The Morgan fingerprint density at radius 1 is 1.00 bits per heavy atom. The Labute approximate surface area is 160 Å². The fourth-order valence-electron chi connectivity index (χ4n) is 2.57. The lowest BCUT2D eigenvalue weighted by Gasteiger charge is -2.09. The third-order valence-corrected chi connectivity index (χ3v) is 3.99. The Morgan fingerprint density at radius 2 is 1.76 bits per heavy atom. The van der Waals surface area contributed by atoms with Crippen LogP contribution in [-0.2, 0) is 19.0 Å². The van der Waals surface area contributed by atoms with Crippen molar-refractivity contribution < 1.29 is 31.9 Å². The van der Waals surface area contributed by atoms with Crippen LogP contribution in [0.5, 0.6) is 0 Å². The fraction of sp³-hybridized carbons (Fsp3) is 0.158. The van der Waals surface area contributed by atoms with Gasteiger partial charge in [-0.15, -0.1) is 0 Å². The van der Waals surface area contributed by atoms with Crippen LogP contribution >= 0.6 is 0 Å². The lowest BCUT2D eigenvalue weighted by Crippen LogP contribution is -2.09. The van der Waals surface area contributed by atoms with E-state index in [9.17, 15) is 31.9 Å². The van der Waals surface area contributed by atoms with Crippen molar-refractivity contribution in [2.45, 2.75) is 19.0 Å². The molecular weight excluding hydrogens is 397 g/mol. The van der Waals surface area contributed by atoms with Gasteiger partial charge in [0.15, 0.2) is 11.5 Å². The molecule has 3 aromatic rings. The van der Waals surface area contributed by atoms with Gasteiger partial charge in [-0.1, -0.05) is 6.07 Å². The van der Waals surface area contributed by atoms with Gasteiger partial charge in [0.2, 0.25) is 0 Å². The van der Waals surface area contributed by atoms with Crippen LogP contribution in [-0.4, -0.2) is 26.0 Å². The highest BCUT2D eigenvalue weighted by Crippen LogP contribution is 2.30. The van der Waals surface area contributed by atoms with Crippen LogP contribution in [0.25, 0.3) is 11.4 Å². The molecule has 1 N–H and O–H groups in total. The van der Waals surface area contributed by atoms with E-state index in [-0.39, 0.29) is 35.5 Å². The summed E-state index contributed by atoms with van der Waals surface area (Å²) in [4.78, 5) is 22.7. The van der Waals surface area contributed by atoms with E-state index in [1.54, 1.807) is 0 Å². The number of aryl methyl sites for hydroxylation is 2. The van der Waals surface area contributed by atoms with Crippen molar-refractivity contribution in [1.82, 2.24) is 15.0 Å². The van der Waals surface area contributed by atoms with Crippen LogP contribution in [0, 0.1) is 11.6 Å². The Balaban J connectivity index is 1.95. The molecule has 0 spiro atoms. The molecule has 0 unspecified atom stereocenters. The number of hydrogen-bond acceptors (Lipinski definition) is 4. The molecule has 1 aromatic carbocycles. The zero-order valence-electron chi connectivity index (χ0n) is 14.5. The maximum Gasteiger partial charge on any atom is 0.417 e. The molecule has 0 saturated heterocycles. The van der Waals surface area contributed by atoms with Gasteiger partial charge in [-0.25, -0.2) is 23.5 Å². The molecule has 0 radical (unpaired) electrons. The van der Waals surface area contributed by atoms with Crippen molar-refractivity contribution >= 4 is 5.97 Å². The lowest BCUT2D eigenvalue weighted by molar-refractivity contribution is -0.137. The SMILES string of the molecule is O=C(O)c1cc(CCc2ccc(F)cc2F)nc(-c2cncc(C(F)(F)F)c2)n1. The molecular formula is C19H12F5N3O2. The molecule has 10 heteroatoms. The van der Waals surface area contributed by atoms with Gasteiger partial charge in [-0.05, 0) is 36.6 Å². The molecule has 0 amide bonds. The van der Waals surface area contributed by atoms with Crippen molar-refractivity contribution in [3.63, 3.8) is 0 Å². The number of pyridine rings is 1. The first-order valence-corrected chi connectivity index (χ1v) is 8.21. The fourth-order valence-corrected chi connectivity index (χ4v) is 2.57. The molecule has 0 aliphatic carbocycles. The van der Waals surface area contributed by atoms with Crippen molar-refractivity contribution in [2.75, 3.05) is 0 Å². The van der Waals surface area contributed by atoms with Crippen molar-refractivity contribution in [1.29, 1.82) is 0 Å². The van der Waals surface area contributed by atoms with Gasteiger partial charge in [-0.2, -0.15) is 13.2 Å². The number of benzene rings is 1. The summed E-state index contributed by atoms with van der Waals surface area (Å²) in [5.74, 6) is -3.15. The molecule has 0 saturated carbocycles. The number of rotatable bonds is 5. The first-order chi connectivity index (χ1) is 13.6. The highest BCUT2D eigenvalue weighted by Gasteiger charge is 2.31. The van der Waals surface area contributed by atoms with E-state index in [0.29, 0.717) is 6.20 Å². The number of hydrogen-bond donors (Lipinski definition) is 1. The number of alkyl halides is 3. The van der Waals surface area contributed by atoms with Crippen molar-refractivity contribution in [2.24, 2.45) is 0 Å². The second kappa shape index (κ2) is 7.90. The molecule has 0 aliphatic heterocycles. The van der Waals surface area contributed by atoms with Crippen LogP contribution in [0.1, 0.15) is 27.3 Å². The maximum absolute atomic E-state index is 13.8. The minimum atomic E-state index is -4.64. The van der Waals surface area contributed by atoms with E-state index in [1.165, 1.54) is 6.07 Å². The Hall–Kier alpha value is -3.43. The number of nitrogens with zero attached hydrogens (tertiary/aromatic N) is 3. The van der Waals surface area contributed by atoms with Gasteiger partial charge in [0, 0.05) is 29.7 Å². The monoisotopic (exact) mass is 409 g/mol. The van der Waals surface area contributed by atoms with Gasteiger partial charge in [-0.3, -0.25) is 4.98 Å². The minimum Gasteiger partial charge on any atom is -0.477 e. The zero-order valence-corrected chi connectivity index (χ0v) is 14.5. The van der Waals surface area contributed by atoms with E-state index in [0.717, 1.165) is 30.5 Å². The predicted octanol–water partition coefficient (Wildman–Crippen LogP) is 4.32. The Morgan fingerprint density at radius 3 is 2.41 bits per heavy atom. The molecule has 2 heterocycles. The van der Waals surface area contributed by atoms with Crippen LogP contribution in [0.15, 0.2) is 42.7 Å². The van der Waals surface area contributed by atoms with Gasteiger partial charge in [0.05, 0.1) is 5.56 Å². The van der Waals surface area contributed by atoms with Gasteiger partial charge in [0.1, 0.15) is 11.6 Å². The normalized spacial score (nSPS) is 11.5. The quantitative estimate of drug-likeness (QED) is 0.636. The van der Waals surface area contributed by atoms with E-state index in [4.69, 9.17) is 0 Å². The maximum atomic E-state index is 13.8. The average molecular weight is 409 g/mol. The molecule has 2 aromatic heterocycles. The summed E-state index contributed by atoms with van der Waals surface area (Å²) in [5.41, 5.74) is -1.22. The molecule has 0 aliphatic rings. The number of carbonyl (C=O) groups is 1. The minimum absolute atomic E-state index is 0.0603. The number of carboxylic acids is 1. The van der Waals surface area contributed by atoms with Crippen LogP contribution < -0.4 is 0 Å². The predicted molar refractivity (Wildman–Crippen MR) is 91.0 cm³/mol. The first kappa shape index (κ1) is 20.3. The van der Waals surface area contributed by atoms with E-state index < -0.39 is 35.0 Å². The van der Waals surface area contributed by atoms with Crippen LogP contribution in [0.2, 0.25) is 0 Å². The largest absolute Gasteiger partial charge is 0.477 e. The summed E-state index contributed by atoms with van der Waals surface area (Å²) >= 11 is 0. The second-order valence-corrected chi connectivity index (χ2v) is 6.07. The Bertz CT molecular complexity index is 1070. The van der Waals surface area contributed by atoms with Gasteiger partial charge >= 0.3 is 12.1 Å². The molecule has 3 rings (SSSR count). The van der Waals surface area contributed by atoms with Crippen molar-refractivity contribution in [3.05, 3.63) is 76.9 Å². The molecule has 0 atom stereocenters. The number of aromatic nitrogens is 3. The standard InChI is InChI=1S/C19H12F5N3O2/c20-13-3-1-10(15(21)6-13)2-4-14-7-16(18(28)29)27-17(26-14)11-5-12(9-25-8-11)19(22,23)24/h1,3,5-9H,2,4H2,(H,28,29). The third kappa shape index (κ3) is 4.89. The van der Waals surface area contributed by atoms with E-state index in [2.05, 4.69) is 15.0 Å². The number of aromatic carboxylic acids is 1. The Kier molecular flexibility index (Phi) is 5.53. The summed E-state index contributed by atoms with van der Waals surface area (Å²) in [6.45, 7) is 0. The number of carboxylic acid groups (broad SMARTS) is 1. The van der Waals surface area contributed by atoms with Gasteiger partial charge < -0.3 is 5.11 Å². The molecule has 0 bridgehead atoms. The van der Waals surface area contributed by atoms with E-state index >= 15 is 0 Å². The summed E-state index contributed by atoms with van der Waals surface area (Å²) in [6.07, 6.45) is -2.80. The summed E-state index contributed by atoms with van der Waals surface area (Å²) in [5, 5.41) is 9.24. The average Bonchev–Trinajstić information content (AvgIpc) is 2.66. The molecule has 5 nitrogen and oxygen atoms in total. The zero-order chi connectivity index (χ0) is 21.2. The van der Waals surface area contributed by atoms with Gasteiger partial charge in [0.25, 0.3) is 0 Å². The molecule has 0 fully saturated rings. The third-order valence-electron chi connectivity index (χ3n) is 3.99. The summed E-state index contributed by atoms with van der Waals surface area (Å²) in [6, 6.07) is 4.96. The lowest BCUT2D eigenvalue weighted by atomic mass is 10.1. The van der Waals surface area contributed by atoms with Crippen molar-refractivity contribution in [3.8, 4) is 11.4 Å². The summed E-state index contributed by atoms with van der Waals surface area (Å²) < 4.78 is 65.5. The van der Waals surface area contributed by atoms with E-state index in [1.807, 2.05) is 0 Å². The van der Waals surface area contributed by atoms with Crippen LogP contribution in [0.3, 0.4) is 0 Å². The second-order valence-electron chi connectivity index (χ2n) is 6.07. The number of halogens is 5. The molecule has 29 heavy (non-hydrogen) atoms. The smallest absolute Gasteiger partial charge is 0.417 e. The van der Waals surface area contributed by atoms with Crippen LogP contribution in [0.4, 0.5) is 22.0 Å². The first-order valence-electron chi connectivity index (χ1n) is 8.21. The highest BCUT2D eigenvalue weighted by atomic mass is 19.4. The summed E-state index contributed by atoms with van der Waals surface area (Å²) in [7, 11) is 0.